The molecule has 0 unspecified atom stereocenters. The Hall–Kier alpha value is -3.08. The van der Waals surface area contributed by atoms with Crippen LogP contribution in [0.4, 0.5) is 4.39 Å². The molecule has 122 valence electrons. The number of para-hydroxylation sites is 2. The quantitative estimate of drug-likeness (QED) is 0.552. The Bertz CT molecular complexity index is 1100. The normalized spacial score (nSPS) is 13.3. The molecule has 0 fully saturated rings. The molecule has 0 bridgehead atoms. The molecule has 3 heterocycles. The third-order valence-corrected chi connectivity index (χ3v) is 4.67. The number of benzene rings is 2. The lowest BCUT2D eigenvalue weighted by Gasteiger charge is -2.06. The fraction of sp³-hybridized carbons (Fsp3) is 0.150. The van der Waals surface area contributed by atoms with E-state index in [0.29, 0.717) is 11.3 Å². The molecular formula is C20H15FN4. The van der Waals surface area contributed by atoms with E-state index in [1.807, 2.05) is 35.0 Å². The van der Waals surface area contributed by atoms with E-state index in [9.17, 15) is 4.39 Å². The average Bonchev–Trinajstić information content (AvgIpc) is 3.22. The zero-order chi connectivity index (χ0) is 16.8. The minimum Gasteiger partial charge on any atom is -0.268 e. The minimum atomic E-state index is -0.269. The summed E-state index contributed by atoms with van der Waals surface area (Å²) in [6, 6.07) is 14.5. The van der Waals surface area contributed by atoms with Crippen LogP contribution in [0.5, 0.6) is 0 Å². The minimum absolute atomic E-state index is 0.269. The van der Waals surface area contributed by atoms with Crippen LogP contribution in [-0.4, -0.2) is 19.7 Å². The van der Waals surface area contributed by atoms with Crippen LogP contribution < -0.4 is 0 Å². The lowest BCUT2D eigenvalue weighted by atomic mass is 10.0. The first-order valence-corrected chi connectivity index (χ1v) is 8.38. The Morgan fingerprint density at radius 3 is 2.64 bits per heavy atom. The summed E-state index contributed by atoms with van der Waals surface area (Å²) in [6.45, 7) is 0.859. The van der Waals surface area contributed by atoms with E-state index in [-0.39, 0.29) is 5.82 Å². The highest BCUT2D eigenvalue weighted by atomic mass is 19.1. The van der Waals surface area contributed by atoms with Gasteiger partial charge in [-0.3, -0.25) is 9.67 Å². The summed E-state index contributed by atoms with van der Waals surface area (Å²) in [7, 11) is 0. The number of halogens is 1. The second-order valence-electron chi connectivity index (χ2n) is 6.22. The Morgan fingerprint density at radius 1 is 0.960 bits per heavy atom. The van der Waals surface area contributed by atoms with E-state index in [1.54, 1.807) is 18.3 Å². The van der Waals surface area contributed by atoms with Crippen LogP contribution in [0.25, 0.3) is 33.5 Å². The zero-order valence-electron chi connectivity index (χ0n) is 13.5. The molecule has 5 rings (SSSR count). The van der Waals surface area contributed by atoms with Gasteiger partial charge in [-0.05, 0) is 37.1 Å². The van der Waals surface area contributed by atoms with Crippen LogP contribution in [0.2, 0.25) is 0 Å². The van der Waals surface area contributed by atoms with Gasteiger partial charge in [0.1, 0.15) is 11.5 Å². The first-order valence-electron chi connectivity index (χ1n) is 8.38. The molecule has 4 nitrogen and oxygen atoms in total. The lowest BCUT2D eigenvalue weighted by molar-refractivity contribution is 0.627. The van der Waals surface area contributed by atoms with Crippen LogP contribution in [-0.2, 0) is 13.0 Å². The standard InChI is InChI=1S/C20H15FN4/c21-14-7-2-1-6-13(14)20-19(18-10-5-11-25(18)24-20)17-12-22-15-8-3-4-9-16(15)23-17/h1-4,6-9,12H,5,10-11H2. The predicted molar refractivity (Wildman–Crippen MR) is 94.5 cm³/mol. The number of fused-ring (bicyclic) bond motifs is 2. The van der Waals surface area contributed by atoms with Crippen molar-refractivity contribution in [3.8, 4) is 22.5 Å². The van der Waals surface area contributed by atoms with Crippen molar-refractivity contribution < 1.29 is 4.39 Å². The van der Waals surface area contributed by atoms with Gasteiger partial charge < -0.3 is 0 Å². The fourth-order valence-electron chi connectivity index (χ4n) is 3.52. The SMILES string of the molecule is Fc1ccccc1-c1nn2c(c1-c1cnc3ccccc3n1)CCC2. The van der Waals surface area contributed by atoms with Gasteiger partial charge in [-0.1, -0.05) is 24.3 Å². The summed E-state index contributed by atoms with van der Waals surface area (Å²) in [5, 5.41) is 4.69. The van der Waals surface area contributed by atoms with Gasteiger partial charge in [0.2, 0.25) is 0 Å². The first-order chi connectivity index (χ1) is 12.3. The second-order valence-corrected chi connectivity index (χ2v) is 6.22. The van der Waals surface area contributed by atoms with Crippen LogP contribution >= 0.6 is 0 Å². The summed E-state index contributed by atoms with van der Waals surface area (Å²) in [5.41, 5.74) is 5.61. The van der Waals surface area contributed by atoms with Crippen LogP contribution in [0.15, 0.2) is 54.7 Å². The van der Waals surface area contributed by atoms with Crippen LogP contribution in [0.3, 0.4) is 0 Å². The number of nitrogens with zero attached hydrogens (tertiary/aromatic N) is 4. The summed E-state index contributed by atoms with van der Waals surface area (Å²) in [4.78, 5) is 9.30. The highest BCUT2D eigenvalue weighted by Crippen LogP contribution is 2.37. The van der Waals surface area contributed by atoms with Crippen molar-refractivity contribution in [1.82, 2.24) is 19.7 Å². The van der Waals surface area contributed by atoms with Gasteiger partial charge in [0.25, 0.3) is 0 Å². The zero-order valence-corrected chi connectivity index (χ0v) is 13.5. The van der Waals surface area contributed by atoms with Crippen molar-refractivity contribution in [2.75, 3.05) is 0 Å². The molecule has 2 aromatic carbocycles. The fourth-order valence-corrected chi connectivity index (χ4v) is 3.52. The van der Waals surface area contributed by atoms with E-state index in [4.69, 9.17) is 4.98 Å². The smallest absolute Gasteiger partial charge is 0.132 e. The van der Waals surface area contributed by atoms with Gasteiger partial charge >= 0.3 is 0 Å². The monoisotopic (exact) mass is 330 g/mol. The molecule has 2 aromatic heterocycles. The molecular weight excluding hydrogens is 315 g/mol. The first kappa shape index (κ1) is 14.3. The molecule has 5 heteroatoms. The van der Waals surface area contributed by atoms with Crippen molar-refractivity contribution in [3.63, 3.8) is 0 Å². The van der Waals surface area contributed by atoms with Gasteiger partial charge in [0.15, 0.2) is 0 Å². The van der Waals surface area contributed by atoms with Crippen LogP contribution in [0.1, 0.15) is 12.1 Å². The summed E-state index contributed by atoms with van der Waals surface area (Å²) < 4.78 is 16.4. The molecule has 0 radical (unpaired) electrons. The number of hydrogen-bond acceptors (Lipinski definition) is 3. The number of aryl methyl sites for hydroxylation is 1. The molecule has 0 spiro atoms. The molecule has 4 aromatic rings. The summed E-state index contributed by atoms with van der Waals surface area (Å²) >= 11 is 0. The second kappa shape index (κ2) is 5.48. The van der Waals surface area contributed by atoms with Gasteiger partial charge in [-0.15, -0.1) is 0 Å². The van der Waals surface area contributed by atoms with Gasteiger partial charge in [-0.2, -0.15) is 5.10 Å². The summed E-state index contributed by atoms with van der Waals surface area (Å²) in [6.07, 6.45) is 3.74. The maximum Gasteiger partial charge on any atom is 0.132 e. The molecule has 0 amide bonds. The third-order valence-electron chi connectivity index (χ3n) is 4.67. The van der Waals surface area contributed by atoms with Crippen molar-refractivity contribution in [2.45, 2.75) is 19.4 Å². The molecule has 0 saturated carbocycles. The predicted octanol–water partition coefficient (Wildman–Crippen LogP) is 4.25. The molecule has 1 aliphatic rings. The molecule has 0 atom stereocenters. The van der Waals surface area contributed by atoms with Gasteiger partial charge in [0, 0.05) is 17.8 Å². The van der Waals surface area contributed by atoms with Gasteiger partial charge in [0.05, 0.1) is 28.5 Å². The maximum atomic E-state index is 14.4. The largest absolute Gasteiger partial charge is 0.268 e. The summed E-state index contributed by atoms with van der Waals surface area (Å²) in [5.74, 6) is -0.269. The number of aromatic nitrogens is 4. The van der Waals surface area contributed by atoms with Crippen molar-refractivity contribution >= 4 is 11.0 Å². The van der Waals surface area contributed by atoms with Gasteiger partial charge in [-0.25, -0.2) is 9.37 Å². The van der Waals surface area contributed by atoms with Crippen molar-refractivity contribution in [2.24, 2.45) is 0 Å². The van der Waals surface area contributed by atoms with E-state index < -0.39 is 0 Å². The molecule has 1 aliphatic heterocycles. The number of rotatable bonds is 2. The highest BCUT2D eigenvalue weighted by Gasteiger charge is 2.26. The lowest BCUT2D eigenvalue weighted by Crippen LogP contribution is -1.94. The van der Waals surface area contributed by atoms with E-state index >= 15 is 0 Å². The topological polar surface area (TPSA) is 43.6 Å². The van der Waals surface area contributed by atoms with E-state index in [0.717, 1.165) is 47.4 Å². The van der Waals surface area contributed by atoms with E-state index in [2.05, 4.69) is 10.1 Å². The Morgan fingerprint density at radius 2 is 1.76 bits per heavy atom. The number of hydrogen-bond donors (Lipinski definition) is 0. The third kappa shape index (κ3) is 2.23. The van der Waals surface area contributed by atoms with E-state index in [1.165, 1.54) is 6.07 Å². The Labute approximate surface area is 144 Å². The molecule has 25 heavy (non-hydrogen) atoms. The Balaban J connectivity index is 1.78. The van der Waals surface area contributed by atoms with Crippen LogP contribution in [0, 0.1) is 5.82 Å². The van der Waals surface area contributed by atoms with Crippen molar-refractivity contribution in [3.05, 3.63) is 66.2 Å². The molecule has 0 aliphatic carbocycles. The average molecular weight is 330 g/mol. The maximum absolute atomic E-state index is 14.4. The Kier molecular flexibility index (Phi) is 3.13. The highest BCUT2D eigenvalue weighted by molar-refractivity contribution is 5.84. The molecule has 0 N–H and O–H groups in total. The van der Waals surface area contributed by atoms with Crippen molar-refractivity contribution in [1.29, 1.82) is 0 Å². The molecule has 0 saturated heterocycles.